The standard InChI is InChI=1S/C12H24S/c1-10(2)8-6-7-9-11(13)12(3,4)5/h10H,6-9H2,1-5H3. The molecule has 0 bridgehead atoms. The van der Waals surface area contributed by atoms with Gasteiger partial charge in [-0.05, 0) is 29.0 Å². The largest absolute Gasteiger partial charge is 0.0891 e. The van der Waals surface area contributed by atoms with Gasteiger partial charge in [0.2, 0.25) is 0 Å². The molecule has 0 atom stereocenters. The van der Waals surface area contributed by atoms with Crippen molar-refractivity contribution in [2.75, 3.05) is 0 Å². The molecule has 0 aliphatic carbocycles. The Kier molecular flexibility index (Phi) is 5.78. The van der Waals surface area contributed by atoms with Gasteiger partial charge in [0.15, 0.2) is 0 Å². The lowest BCUT2D eigenvalue weighted by molar-refractivity contribution is 0.532. The van der Waals surface area contributed by atoms with E-state index in [2.05, 4.69) is 34.6 Å². The number of hydrogen-bond donors (Lipinski definition) is 0. The lowest BCUT2D eigenvalue weighted by Crippen LogP contribution is -2.17. The van der Waals surface area contributed by atoms with Crippen LogP contribution in [0, 0.1) is 11.3 Å². The maximum absolute atomic E-state index is 5.37. The minimum absolute atomic E-state index is 0.229. The molecule has 0 amide bonds. The second-order valence-corrected chi connectivity index (χ2v) is 5.81. The van der Waals surface area contributed by atoms with E-state index in [9.17, 15) is 0 Å². The fourth-order valence-corrected chi connectivity index (χ4v) is 1.36. The third-order valence-corrected chi connectivity index (χ3v) is 3.09. The molecule has 13 heavy (non-hydrogen) atoms. The Labute approximate surface area is 89.1 Å². The maximum Gasteiger partial charge on any atom is -0.00180 e. The summed E-state index contributed by atoms with van der Waals surface area (Å²) in [5.74, 6) is 0.836. The van der Waals surface area contributed by atoms with Gasteiger partial charge in [0.1, 0.15) is 0 Å². The molecular weight excluding hydrogens is 176 g/mol. The monoisotopic (exact) mass is 200 g/mol. The minimum Gasteiger partial charge on any atom is -0.0891 e. The summed E-state index contributed by atoms with van der Waals surface area (Å²) in [5, 5.41) is 0. The van der Waals surface area contributed by atoms with Crippen LogP contribution < -0.4 is 0 Å². The van der Waals surface area contributed by atoms with E-state index < -0.39 is 0 Å². The fraction of sp³-hybridized carbons (Fsp3) is 0.917. The Morgan fingerprint density at radius 2 is 1.69 bits per heavy atom. The van der Waals surface area contributed by atoms with E-state index in [1.165, 1.54) is 24.1 Å². The summed E-state index contributed by atoms with van der Waals surface area (Å²) < 4.78 is 0. The highest BCUT2D eigenvalue weighted by Crippen LogP contribution is 2.21. The fourth-order valence-electron chi connectivity index (χ4n) is 1.21. The minimum atomic E-state index is 0.229. The van der Waals surface area contributed by atoms with Crippen molar-refractivity contribution in [3.05, 3.63) is 0 Å². The summed E-state index contributed by atoms with van der Waals surface area (Å²) in [5.41, 5.74) is 0.229. The van der Waals surface area contributed by atoms with Gasteiger partial charge >= 0.3 is 0 Å². The van der Waals surface area contributed by atoms with Crippen LogP contribution in [0.3, 0.4) is 0 Å². The van der Waals surface area contributed by atoms with Gasteiger partial charge in [-0.1, -0.05) is 59.7 Å². The van der Waals surface area contributed by atoms with Gasteiger partial charge in [0.25, 0.3) is 0 Å². The van der Waals surface area contributed by atoms with Crippen molar-refractivity contribution in [1.82, 2.24) is 0 Å². The van der Waals surface area contributed by atoms with E-state index in [1.54, 1.807) is 0 Å². The number of rotatable bonds is 5. The Hall–Kier alpha value is 0.0900. The first-order valence-electron chi connectivity index (χ1n) is 5.37. The Morgan fingerprint density at radius 1 is 1.15 bits per heavy atom. The van der Waals surface area contributed by atoms with Crippen molar-refractivity contribution >= 4 is 17.1 Å². The van der Waals surface area contributed by atoms with Gasteiger partial charge in [0.05, 0.1) is 0 Å². The molecule has 0 saturated carbocycles. The van der Waals surface area contributed by atoms with Crippen molar-refractivity contribution < 1.29 is 0 Å². The van der Waals surface area contributed by atoms with Crippen LogP contribution in [0.4, 0.5) is 0 Å². The Morgan fingerprint density at radius 3 is 2.08 bits per heavy atom. The number of thiocarbonyl (C=S) groups is 1. The smallest absolute Gasteiger partial charge is 0.00180 e. The zero-order valence-electron chi connectivity index (χ0n) is 9.81. The third-order valence-electron chi connectivity index (χ3n) is 2.27. The quantitative estimate of drug-likeness (QED) is 0.461. The molecule has 0 aromatic carbocycles. The van der Waals surface area contributed by atoms with Gasteiger partial charge in [0, 0.05) is 0 Å². The summed E-state index contributed by atoms with van der Waals surface area (Å²) in [6.45, 7) is 11.2. The molecule has 0 aliphatic rings. The second kappa shape index (κ2) is 5.74. The number of hydrogen-bond acceptors (Lipinski definition) is 1. The van der Waals surface area contributed by atoms with Crippen molar-refractivity contribution in [1.29, 1.82) is 0 Å². The normalized spacial score (nSPS) is 12.2. The molecule has 0 radical (unpaired) electrons. The zero-order chi connectivity index (χ0) is 10.5. The molecule has 0 unspecified atom stereocenters. The van der Waals surface area contributed by atoms with E-state index in [0.717, 1.165) is 12.3 Å². The van der Waals surface area contributed by atoms with Crippen LogP contribution in [0.5, 0.6) is 0 Å². The number of unbranched alkanes of at least 4 members (excludes halogenated alkanes) is 1. The molecule has 0 heterocycles. The second-order valence-electron chi connectivity index (χ2n) is 5.31. The van der Waals surface area contributed by atoms with E-state index in [-0.39, 0.29) is 5.41 Å². The molecular formula is C12H24S. The first kappa shape index (κ1) is 13.1. The van der Waals surface area contributed by atoms with Crippen molar-refractivity contribution in [2.45, 2.75) is 60.3 Å². The van der Waals surface area contributed by atoms with Gasteiger partial charge in [-0.2, -0.15) is 0 Å². The van der Waals surface area contributed by atoms with Crippen molar-refractivity contribution in [2.24, 2.45) is 11.3 Å². The summed E-state index contributed by atoms with van der Waals surface area (Å²) in [7, 11) is 0. The average Bonchev–Trinajstić information content (AvgIpc) is 1.95. The molecule has 78 valence electrons. The predicted octanol–water partition coefficient (Wildman–Crippen LogP) is 4.62. The average molecular weight is 200 g/mol. The predicted molar refractivity (Wildman–Crippen MR) is 65.4 cm³/mol. The van der Waals surface area contributed by atoms with Crippen LogP contribution in [0.25, 0.3) is 0 Å². The topological polar surface area (TPSA) is 0 Å². The van der Waals surface area contributed by atoms with Gasteiger partial charge < -0.3 is 0 Å². The van der Waals surface area contributed by atoms with Crippen LogP contribution in [0.2, 0.25) is 0 Å². The molecule has 0 aliphatic heterocycles. The Bertz CT molecular complexity index is 151. The van der Waals surface area contributed by atoms with Crippen molar-refractivity contribution in [3.63, 3.8) is 0 Å². The maximum atomic E-state index is 5.37. The SMILES string of the molecule is CC(C)CCCCC(=S)C(C)(C)C. The third kappa shape index (κ3) is 7.18. The van der Waals surface area contributed by atoms with Crippen molar-refractivity contribution in [3.8, 4) is 0 Å². The van der Waals surface area contributed by atoms with Crippen LogP contribution in [0.15, 0.2) is 0 Å². The van der Waals surface area contributed by atoms with Gasteiger partial charge in [-0.25, -0.2) is 0 Å². The summed E-state index contributed by atoms with van der Waals surface area (Å²) in [6.07, 6.45) is 5.07. The van der Waals surface area contributed by atoms with Crippen LogP contribution in [0.1, 0.15) is 60.3 Å². The molecule has 0 fully saturated rings. The van der Waals surface area contributed by atoms with E-state index >= 15 is 0 Å². The van der Waals surface area contributed by atoms with E-state index in [4.69, 9.17) is 12.2 Å². The highest BCUT2D eigenvalue weighted by Gasteiger charge is 2.15. The van der Waals surface area contributed by atoms with Crippen LogP contribution >= 0.6 is 12.2 Å². The summed E-state index contributed by atoms with van der Waals surface area (Å²) in [6, 6.07) is 0. The highest BCUT2D eigenvalue weighted by molar-refractivity contribution is 7.80. The molecule has 0 aromatic rings. The summed E-state index contributed by atoms with van der Waals surface area (Å²) >= 11 is 5.37. The molecule has 0 saturated heterocycles. The lowest BCUT2D eigenvalue weighted by atomic mass is 9.88. The van der Waals surface area contributed by atoms with E-state index in [0.29, 0.717) is 0 Å². The summed E-state index contributed by atoms with van der Waals surface area (Å²) in [4.78, 5) is 1.23. The molecule has 0 N–H and O–H groups in total. The molecule has 1 heteroatoms. The van der Waals surface area contributed by atoms with E-state index in [1.807, 2.05) is 0 Å². The Balaban J connectivity index is 3.49. The van der Waals surface area contributed by atoms with Gasteiger partial charge in [-0.3, -0.25) is 0 Å². The van der Waals surface area contributed by atoms with Crippen LogP contribution in [-0.4, -0.2) is 4.86 Å². The molecule has 0 nitrogen and oxygen atoms in total. The first-order valence-corrected chi connectivity index (χ1v) is 5.78. The molecule has 0 spiro atoms. The lowest BCUT2D eigenvalue weighted by Gasteiger charge is -2.19. The zero-order valence-corrected chi connectivity index (χ0v) is 10.6. The molecule has 0 rings (SSSR count). The van der Waals surface area contributed by atoms with Crippen LogP contribution in [-0.2, 0) is 0 Å². The highest BCUT2D eigenvalue weighted by atomic mass is 32.1. The molecule has 0 aromatic heterocycles. The first-order chi connectivity index (χ1) is 5.84. The van der Waals surface area contributed by atoms with Gasteiger partial charge in [-0.15, -0.1) is 0 Å².